The molecule has 2 aromatic rings. The Bertz CT molecular complexity index is 901. The Balaban J connectivity index is 1.61. The van der Waals surface area contributed by atoms with E-state index in [2.05, 4.69) is 26.6 Å². The molecule has 0 unspecified atom stereocenters. The standard InChI is InChI=1S/C18H13BrN2O3S2/c19-13-8-11(9-15-17(23)21-18(25)26-15)6-7-14(13)24-10-16(22)20-12-4-2-1-3-5-12/h1-9H,10H2,(H,20,22)(H,21,23,25)/b15-9-. The molecule has 1 heterocycles. The van der Waals surface area contributed by atoms with E-state index in [-0.39, 0.29) is 18.4 Å². The van der Waals surface area contributed by atoms with Gasteiger partial charge in [-0.25, -0.2) is 0 Å². The first-order valence-electron chi connectivity index (χ1n) is 7.53. The molecule has 2 amide bonds. The van der Waals surface area contributed by atoms with Gasteiger partial charge in [0, 0.05) is 5.69 Å². The zero-order valence-electron chi connectivity index (χ0n) is 13.3. The third-order valence-electron chi connectivity index (χ3n) is 3.31. The molecule has 1 aliphatic rings. The van der Waals surface area contributed by atoms with E-state index in [1.54, 1.807) is 30.3 Å². The lowest BCUT2D eigenvalue weighted by Crippen LogP contribution is -2.20. The lowest BCUT2D eigenvalue weighted by Gasteiger charge is -2.09. The zero-order valence-corrected chi connectivity index (χ0v) is 16.5. The third-order valence-corrected chi connectivity index (χ3v) is 5.09. The maximum Gasteiger partial charge on any atom is 0.263 e. The van der Waals surface area contributed by atoms with Gasteiger partial charge in [0.15, 0.2) is 6.61 Å². The number of benzene rings is 2. The first kappa shape index (κ1) is 18.6. The van der Waals surface area contributed by atoms with E-state index in [1.807, 2.05) is 24.3 Å². The van der Waals surface area contributed by atoms with E-state index in [1.165, 1.54) is 11.8 Å². The predicted molar refractivity (Wildman–Crippen MR) is 111 cm³/mol. The molecule has 2 N–H and O–H groups in total. The Labute approximate surface area is 168 Å². The summed E-state index contributed by atoms with van der Waals surface area (Å²) in [6.45, 7) is -0.111. The minimum Gasteiger partial charge on any atom is -0.483 e. The van der Waals surface area contributed by atoms with Crippen LogP contribution in [0.1, 0.15) is 5.56 Å². The molecule has 0 saturated carbocycles. The molecule has 0 aliphatic carbocycles. The van der Waals surface area contributed by atoms with Crippen LogP contribution in [0.2, 0.25) is 0 Å². The molecule has 5 nitrogen and oxygen atoms in total. The molecular formula is C18H13BrN2O3S2. The van der Waals surface area contributed by atoms with Gasteiger partial charge in [-0.1, -0.05) is 48.2 Å². The molecule has 0 aromatic heterocycles. The molecule has 0 atom stereocenters. The fourth-order valence-corrected chi connectivity index (χ4v) is 3.71. The first-order chi connectivity index (χ1) is 12.5. The monoisotopic (exact) mass is 448 g/mol. The fraction of sp³-hybridized carbons (Fsp3) is 0.0556. The number of halogens is 1. The number of para-hydroxylation sites is 1. The van der Waals surface area contributed by atoms with Crippen molar-refractivity contribution >= 4 is 67.8 Å². The zero-order chi connectivity index (χ0) is 18.5. The van der Waals surface area contributed by atoms with Crippen molar-refractivity contribution < 1.29 is 14.3 Å². The predicted octanol–water partition coefficient (Wildman–Crippen LogP) is 3.96. The van der Waals surface area contributed by atoms with E-state index in [4.69, 9.17) is 17.0 Å². The van der Waals surface area contributed by atoms with Gasteiger partial charge >= 0.3 is 0 Å². The number of anilines is 1. The van der Waals surface area contributed by atoms with Crippen LogP contribution in [-0.2, 0) is 9.59 Å². The van der Waals surface area contributed by atoms with E-state index < -0.39 is 0 Å². The van der Waals surface area contributed by atoms with E-state index in [0.717, 1.165) is 5.56 Å². The number of carbonyl (C=O) groups is 2. The van der Waals surface area contributed by atoms with E-state index in [0.29, 0.717) is 25.1 Å². The maximum atomic E-state index is 11.9. The second-order valence-corrected chi connectivity index (χ2v) is 7.82. The Morgan fingerprint density at radius 1 is 1.27 bits per heavy atom. The van der Waals surface area contributed by atoms with Crippen LogP contribution in [0.25, 0.3) is 6.08 Å². The lowest BCUT2D eigenvalue weighted by atomic mass is 10.2. The number of nitrogens with one attached hydrogen (secondary N) is 2. The van der Waals surface area contributed by atoms with Crippen LogP contribution in [0, 0.1) is 0 Å². The SMILES string of the molecule is O=C(COc1ccc(/C=C2\SC(=S)NC2=O)cc1Br)Nc1ccccc1. The molecule has 1 fully saturated rings. The van der Waals surface area contributed by atoms with Crippen molar-refractivity contribution in [2.45, 2.75) is 0 Å². The van der Waals surface area contributed by atoms with Crippen LogP contribution in [0.5, 0.6) is 5.75 Å². The second kappa shape index (κ2) is 8.48. The van der Waals surface area contributed by atoms with E-state index >= 15 is 0 Å². The molecular weight excluding hydrogens is 436 g/mol. The number of rotatable bonds is 5. The maximum absolute atomic E-state index is 11.9. The van der Waals surface area contributed by atoms with Crippen molar-refractivity contribution in [1.29, 1.82) is 0 Å². The third kappa shape index (κ3) is 4.94. The molecule has 1 saturated heterocycles. The van der Waals surface area contributed by atoms with Gasteiger partial charge in [-0.15, -0.1) is 0 Å². The minimum absolute atomic E-state index is 0.111. The summed E-state index contributed by atoms with van der Waals surface area (Å²) in [6, 6.07) is 14.5. The van der Waals surface area contributed by atoms with Crippen LogP contribution in [-0.4, -0.2) is 22.7 Å². The second-order valence-electron chi connectivity index (χ2n) is 5.24. The first-order valence-corrected chi connectivity index (χ1v) is 9.55. The van der Waals surface area contributed by atoms with Gasteiger partial charge < -0.3 is 15.4 Å². The van der Waals surface area contributed by atoms with Gasteiger partial charge in [0.2, 0.25) is 0 Å². The molecule has 132 valence electrons. The number of amides is 2. The van der Waals surface area contributed by atoms with Crippen LogP contribution in [0.15, 0.2) is 57.9 Å². The van der Waals surface area contributed by atoms with Gasteiger partial charge in [-0.3, -0.25) is 9.59 Å². The number of carbonyl (C=O) groups excluding carboxylic acids is 2. The molecule has 26 heavy (non-hydrogen) atoms. The number of ether oxygens (including phenoxy) is 1. The topological polar surface area (TPSA) is 67.4 Å². The van der Waals surface area contributed by atoms with Crippen molar-refractivity contribution in [3.63, 3.8) is 0 Å². The smallest absolute Gasteiger partial charge is 0.263 e. The largest absolute Gasteiger partial charge is 0.483 e. The molecule has 0 bridgehead atoms. The van der Waals surface area contributed by atoms with E-state index in [9.17, 15) is 9.59 Å². The van der Waals surface area contributed by atoms with Gasteiger partial charge in [0.05, 0.1) is 9.38 Å². The number of hydrogen-bond donors (Lipinski definition) is 2. The van der Waals surface area contributed by atoms with Crippen molar-refractivity contribution in [2.75, 3.05) is 11.9 Å². The molecule has 0 radical (unpaired) electrons. The van der Waals surface area contributed by atoms with Crippen molar-refractivity contribution in [3.05, 3.63) is 63.5 Å². The van der Waals surface area contributed by atoms with Crippen LogP contribution < -0.4 is 15.4 Å². The summed E-state index contributed by atoms with van der Waals surface area (Å²) in [5.41, 5.74) is 1.53. The van der Waals surface area contributed by atoms with Crippen LogP contribution >= 0.6 is 39.9 Å². The highest BCUT2D eigenvalue weighted by atomic mass is 79.9. The van der Waals surface area contributed by atoms with Crippen LogP contribution in [0.4, 0.5) is 5.69 Å². The summed E-state index contributed by atoms with van der Waals surface area (Å²) < 4.78 is 6.68. The van der Waals surface area contributed by atoms with Crippen LogP contribution in [0.3, 0.4) is 0 Å². The molecule has 3 rings (SSSR count). The van der Waals surface area contributed by atoms with Gasteiger partial charge in [0.1, 0.15) is 10.1 Å². The molecule has 0 spiro atoms. The highest BCUT2D eigenvalue weighted by Crippen LogP contribution is 2.30. The lowest BCUT2D eigenvalue weighted by molar-refractivity contribution is -0.118. The summed E-state index contributed by atoms with van der Waals surface area (Å²) in [5, 5.41) is 5.32. The Morgan fingerprint density at radius 2 is 2.04 bits per heavy atom. The highest BCUT2D eigenvalue weighted by molar-refractivity contribution is 9.10. The summed E-state index contributed by atoms with van der Waals surface area (Å²) in [7, 11) is 0. The summed E-state index contributed by atoms with van der Waals surface area (Å²) in [5.74, 6) is 0.0882. The van der Waals surface area contributed by atoms with Gasteiger partial charge in [-0.2, -0.15) is 0 Å². The summed E-state index contributed by atoms with van der Waals surface area (Å²) in [4.78, 5) is 24.2. The Kier molecular flexibility index (Phi) is 6.08. The number of thioether (sulfide) groups is 1. The normalized spacial score (nSPS) is 15.0. The Morgan fingerprint density at radius 3 is 2.69 bits per heavy atom. The fourth-order valence-electron chi connectivity index (χ4n) is 2.16. The highest BCUT2D eigenvalue weighted by Gasteiger charge is 2.22. The van der Waals surface area contributed by atoms with Gasteiger partial charge in [-0.05, 0) is 51.8 Å². The van der Waals surface area contributed by atoms with Gasteiger partial charge in [0.25, 0.3) is 11.8 Å². The summed E-state index contributed by atoms with van der Waals surface area (Å²) in [6.07, 6.45) is 1.75. The molecule has 2 aromatic carbocycles. The number of hydrogen-bond acceptors (Lipinski definition) is 5. The average molecular weight is 449 g/mol. The minimum atomic E-state index is -0.248. The quantitative estimate of drug-likeness (QED) is 0.535. The molecule has 1 aliphatic heterocycles. The number of thiocarbonyl (C=S) groups is 1. The van der Waals surface area contributed by atoms with Crippen molar-refractivity contribution in [1.82, 2.24) is 5.32 Å². The Hall–Kier alpha value is -2.16. The van der Waals surface area contributed by atoms with Crippen molar-refractivity contribution in [3.8, 4) is 5.75 Å². The summed E-state index contributed by atoms with van der Waals surface area (Å²) >= 11 is 9.61. The van der Waals surface area contributed by atoms with Crippen molar-refractivity contribution in [2.24, 2.45) is 0 Å². The molecule has 8 heteroatoms. The average Bonchev–Trinajstić information content (AvgIpc) is 2.92.